The Bertz CT molecular complexity index is 527. The van der Waals surface area contributed by atoms with E-state index < -0.39 is 17.7 Å². The number of carbonyl (C=O) groups is 2. The van der Waals surface area contributed by atoms with Crippen LogP contribution < -0.4 is 10.9 Å². The van der Waals surface area contributed by atoms with Gasteiger partial charge in [-0.15, -0.1) is 0 Å². The van der Waals surface area contributed by atoms with Crippen LogP contribution in [0.15, 0.2) is 24.4 Å². The van der Waals surface area contributed by atoms with Gasteiger partial charge >= 0.3 is 6.09 Å². The number of amides is 2. The topological polar surface area (TPSA) is 83.6 Å². The van der Waals surface area contributed by atoms with Gasteiger partial charge < -0.3 is 4.74 Å². The van der Waals surface area contributed by atoms with Crippen LogP contribution >= 0.6 is 0 Å². The summed E-state index contributed by atoms with van der Waals surface area (Å²) in [6.45, 7) is 5.94. The Morgan fingerprint density at radius 3 is 2.77 bits per heavy atom. The normalized spacial score (nSPS) is 18.0. The summed E-state index contributed by atoms with van der Waals surface area (Å²) in [5, 5.41) is 0. The predicted octanol–water partition coefficient (Wildman–Crippen LogP) is 1.92. The third-order valence-electron chi connectivity index (χ3n) is 3.16. The third-order valence-corrected chi connectivity index (χ3v) is 3.16. The number of hydrazine groups is 1. The molecule has 2 N–H and O–H groups in total. The Balaban J connectivity index is 1.92. The average Bonchev–Trinajstić information content (AvgIpc) is 2.93. The summed E-state index contributed by atoms with van der Waals surface area (Å²) < 4.78 is 5.34. The molecule has 1 aliphatic rings. The molecule has 0 saturated carbocycles. The van der Waals surface area contributed by atoms with Crippen molar-refractivity contribution in [2.24, 2.45) is 0 Å². The number of likely N-dealkylation sites (tertiary alicyclic amines) is 1. The van der Waals surface area contributed by atoms with Crippen LogP contribution in [0.3, 0.4) is 0 Å². The van der Waals surface area contributed by atoms with E-state index in [1.165, 1.54) is 4.90 Å². The van der Waals surface area contributed by atoms with E-state index in [-0.39, 0.29) is 5.91 Å². The molecule has 1 saturated heterocycles. The van der Waals surface area contributed by atoms with E-state index in [9.17, 15) is 9.59 Å². The fourth-order valence-electron chi connectivity index (χ4n) is 2.22. The summed E-state index contributed by atoms with van der Waals surface area (Å²) in [5.41, 5.74) is 4.75. The number of anilines is 1. The first-order chi connectivity index (χ1) is 10.4. The van der Waals surface area contributed by atoms with E-state index in [4.69, 9.17) is 4.74 Å². The largest absolute Gasteiger partial charge is 0.444 e. The van der Waals surface area contributed by atoms with Crippen LogP contribution in [0.4, 0.5) is 10.6 Å². The molecule has 0 aliphatic carbocycles. The van der Waals surface area contributed by atoms with Crippen molar-refractivity contribution in [3.63, 3.8) is 0 Å². The Morgan fingerprint density at radius 2 is 2.14 bits per heavy atom. The number of aromatic nitrogens is 1. The van der Waals surface area contributed by atoms with Crippen LogP contribution in [0.5, 0.6) is 0 Å². The van der Waals surface area contributed by atoms with Gasteiger partial charge in [0.25, 0.3) is 5.91 Å². The molecule has 120 valence electrons. The van der Waals surface area contributed by atoms with Crippen LogP contribution in [0.25, 0.3) is 0 Å². The van der Waals surface area contributed by atoms with E-state index >= 15 is 0 Å². The van der Waals surface area contributed by atoms with Crippen molar-refractivity contribution in [1.29, 1.82) is 0 Å². The van der Waals surface area contributed by atoms with Crippen LogP contribution in [0.1, 0.15) is 33.6 Å². The quantitative estimate of drug-likeness (QED) is 0.834. The molecule has 0 spiro atoms. The second kappa shape index (κ2) is 6.64. The molecule has 7 heteroatoms. The summed E-state index contributed by atoms with van der Waals surface area (Å²) in [7, 11) is 0. The fourth-order valence-corrected chi connectivity index (χ4v) is 2.22. The standard InChI is InChI=1S/C15H22N4O3/c1-15(2,3)22-14(21)19-10-6-7-11(19)13(20)18-17-12-8-4-5-9-16-12/h4-5,8-9,11H,6-7,10H2,1-3H3,(H,16,17)(H,18,20). The lowest BCUT2D eigenvalue weighted by Gasteiger charge is -2.28. The highest BCUT2D eigenvalue weighted by molar-refractivity contribution is 5.86. The number of rotatable bonds is 3. The van der Waals surface area contributed by atoms with Gasteiger partial charge in [0.15, 0.2) is 0 Å². The van der Waals surface area contributed by atoms with Gasteiger partial charge in [-0.2, -0.15) is 0 Å². The summed E-state index contributed by atoms with van der Waals surface area (Å²) in [6, 6.07) is 4.81. The number of nitrogens with zero attached hydrogens (tertiary/aromatic N) is 2. The minimum atomic E-state index is -0.576. The monoisotopic (exact) mass is 306 g/mol. The number of ether oxygens (including phenoxy) is 1. The summed E-state index contributed by atoms with van der Waals surface area (Å²) in [5.74, 6) is 0.270. The lowest BCUT2D eigenvalue weighted by atomic mass is 10.2. The van der Waals surface area contributed by atoms with Gasteiger partial charge in [-0.05, 0) is 45.7 Å². The van der Waals surface area contributed by atoms with Gasteiger partial charge in [-0.25, -0.2) is 9.78 Å². The zero-order chi connectivity index (χ0) is 16.2. The van der Waals surface area contributed by atoms with E-state index in [0.717, 1.165) is 6.42 Å². The zero-order valence-electron chi connectivity index (χ0n) is 13.1. The Labute approximate surface area is 130 Å². The van der Waals surface area contributed by atoms with Crippen molar-refractivity contribution in [1.82, 2.24) is 15.3 Å². The molecule has 0 aromatic carbocycles. The second-order valence-corrected chi connectivity index (χ2v) is 6.16. The molecule has 2 rings (SSSR count). The highest BCUT2D eigenvalue weighted by Crippen LogP contribution is 2.20. The van der Waals surface area contributed by atoms with Gasteiger partial charge in [0.2, 0.25) is 0 Å². The fraction of sp³-hybridized carbons (Fsp3) is 0.533. The van der Waals surface area contributed by atoms with Gasteiger partial charge in [-0.1, -0.05) is 6.07 Å². The molecule has 0 bridgehead atoms. The molecule has 7 nitrogen and oxygen atoms in total. The van der Waals surface area contributed by atoms with Crippen molar-refractivity contribution in [2.75, 3.05) is 12.0 Å². The second-order valence-electron chi connectivity index (χ2n) is 6.16. The van der Waals surface area contributed by atoms with E-state index in [2.05, 4.69) is 15.8 Å². The van der Waals surface area contributed by atoms with Crippen LogP contribution in [0, 0.1) is 0 Å². The molecule has 2 heterocycles. The first-order valence-corrected chi connectivity index (χ1v) is 7.33. The highest BCUT2D eigenvalue weighted by atomic mass is 16.6. The van der Waals surface area contributed by atoms with Crippen molar-refractivity contribution < 1.29 is 14.3 Å². The molecular weight excluding hydrogens is 284 g/mol. The van der Waals surface area contributed by atoms with Gasteiger partial charge in [0.1, 0.15) is 17.5 Å². The Hall–Kier alpha value is -2.31. The van der Waals surface area contributed by atoms with Gasteiger partial charge in [0, 0.05) is 12.7 Å². The number of hydrogen-bond acceptors (Lipinski definition) is 5. The first kappa shape index (κ1) is 16.1. The smallest absolute Gasteiger partial charge is 0.410 e. The van der Waals surface area contributed by atoms with E-state index in [1.807, 2.05) is 6.07 Å². The van der Waals surface area contributed by atoms with Crippen LogP contribution in [-0.4, -0.2) is 40.1 Å². The molecule has 1 unspecified atom stereocenters. The number of carbonyl (C=O) groups excluding carboxylic acids is 2. The van der Waals surface area contributed by atoms with Gasteiger partial charge in [-0.3, -0.25) is 20.5 Å². The maximum Gasteiger partial charge on any atom is 0.410 e. The molecule has 1 fully saturated rings. The molecule has 22 heavy (non-hydrogen) atoms. The lowest BCUT2D eigenvalue weighted by molar-refractivity contribution is -0.125. The van der Waals surface area contributed by atoms with E-state index in [0.29, 0.717) is 18.8 Å². The molecule has 1 aromatic rings. The third kappa shape index (κ3) is 4.34. The first-order valence-electron chi connectivity index (χ1n) is 7.33. The number of nitrogens with one attached hydrogen (secondary N) is 2. The average molecular weight is 306 g/mol. The molecular formula is C15H22N4O3. The number of hydrogen-bond donors (Lipinski definition) is 2. The van der Waals surface area contributed by atoms with Crippen LogP contribution in [-0.2, 0) is 9.53 Å². The minimum Gasteiger partial charge on any atom is -0.444 e. The predicted molar refractivity (Wildman–Crippen MR) is 82.0 cm³/mol. The molecule has 1 atom stereocenters. The van der Waals surface area contributed by atoms with Gasteiger partial charge in [0.05, 0.1) is 0 Å². The molecule has 1 aromatic heterocycles. The molecule has 2 amide bonds. The summed E-state index contributed by atoms with van der Waals surface area (Å²) >= 11 is 0. The Morgan fingerprint density at radius 1 is 1.36 bits per heavy atom. The SMILES string of the molecule is CC(C)(C)OC(=O)N1CCCC1C(=O)NNc1ccccn1. The van der Waals surface area contributed by atoms with Crippen molar-refractivity contribution in [2.45, 2.75) is 45.3 Å². The Kier molecular flexibility index (Phi) is 4.85. The number of pyridine rings is 1. The van der Waals surface area contributed by atoms with E-state index in [1.54, 1.807) is 39.1 Å². The van der Waals surface area contributed by atoms with Crippen molar-refractivity contribution in [3.8, 4) is 0 Å². The lowest BCUT2D eigenvalue weighted by Crippen LogP contribution is -2.48. The highest BCUT2D eigenvalue weighted by Gasteiger charge is 2.36. The molecule has 0 radical (unpaired) electrons. The summed E-state index contributed by atoms with van der Waals surface area (Å²) in [6.07, 6.45) is 2.57. The van der Waals surface area contributed by atoms with Crippen LogP contribution in [0.2, 0.25) is 0 Å². The zero-order valence-corrected chi connectivity index (χ0v) is 13.1. The summed E-state index contributed by atoms with van der Waals surface area (Å²) in [4.78, 5) is 29.9. The maximum atomic E-state index is 12.2. The van der Waals surface area contributed by atoms with Crippen molar-refractivity contribution in [3.05, 3.63) is 24.4 Å². The minimum absolute atomic E-state index is 0.269. The maximum absolute atomic E-state index is 12.2. The molecule has 1 aliphatic heterocycles. The van der Waals surface area contributed by atoms with Crippen molar-refractivity contribution >= 4 is 17.8 Å².